The van der Waals surface area contributed by atoms with Gasteiger partial charge in [0.1, 0.15) is 6.07 Å². The molecule has 0 amide bonds. The van der Waals surface area contributed by atoms with E-state index in [0.717, 1.165) is 6.07 Å². The van der Waals surface area contributed by atoms with Crippen molar-refractivity contribution in [1.82, 2.24) is 0 Å². The Morgan fingerprint density at radius 1 is 0.667 bits per heavy atom. The number of allylic oxidation sites excluding steroid dienone is 1. The quantitative estimate of drug-likeness (QED) is 0.325. The van der Waals surface area contributed by atoms with Gasteiger partial charge in [-0.3, -0.25) is 0 Å². The summed E-state index contributed by atoms with van der Waals surface area (Å²) >= 11 is 0. The summed E-state index contributed by atoms with van der Waals surface area (Å²) in [7, 11) is -5.47. The maximum atomic E-state index is 13.0. The third kappa shape index (κ3) is 6.62. The summed E-state index contributed by atoms with van der Waals surface area (Å²) in [6.07, 6.45) is -21.5. The highest BCUT2D eigenvalue weighted by Crippen LogP contribution is 2.39. The fourth-order valence-corrected chi connectivity index (χ4v) is 3.72. The van der Waals surface area contributed by atoms with E-state index in [1.807, 2.05) is 0 Å². The van der Waals surface area contributed by atoms with Gasteiger partial charge in [0.2, 0.25) is 9.84 Å². The second-order valence-corrected chi connectivity index (χ2v) is 8.72. The van der Waals surface area contributed by atoms with Crippen LogP contribution in [0.1, 0.15) is 22.3 Å². The molecule has 4 nitrogen and oxygen atoms in total. The lowest BCUT2D eigenvalue weighted by molar-refractivity contribution is -0.144. The fraction of sp³-hybridized carbons (Fsp3) is 0.211. The number of anilines is 1. The van der Waals surface area contributed by atoms with Crippen molar-refractivity contribution < 1.29 is 61.1 Å². The topological polar surface area (TPSA) is 70.0 Å². The predicted molar refractivity (Wildman–Crippen MR) is 97.4 cm³/mol. The highest BCUT2D eigenvalue weighted by Gasteiger charge is 2.39. The molecule has 36 heavy (non-hydrogen) atoms. The molecule has 2 aromatic carbocycles. The summed E-state index contributed by atoms with van der Waals surface area (Å²) in [5.74, 6) is 0. The molecule has 2 aromatic rings. The normalized spacial score (nSPS) is 13.9. The van der Waals surface area contributed by atoms with Crippen LogP contribution in [0.3, 0.4) is 0 Å². The first-order chi connectivity index (χ1) is 16.1. The van der Waals surface area contributed by atoms with Crippen LogP contribution in [-0.4, -0.2) is 8.42 Å². The van der Waals surface area contributed by atoms with Gasteiger partial charge in [0.05, 0.1) is 27.1 Å². The molecular formula is C19H8F12N2O2S. The summed E-state index contributed by atoms with van der Waals surface area (Å²) in [5, 5.41) is 10.8. The van der Waals surface area contributed by atoms with Gasteiger partial charge >= 0.3 is 24.7 Å². The Hall–Kier alpha value is -3.42. The zero-order chi connectivity index (χ0) is 27.9. The van der Waals surface area contributed by atoms with Crippen molar-refractivity contribution in [2.24, 2.45) is 0 Å². The van der Waals surface area contributed by atoms with E-state index in [4.69, 9.17) is 5.26 Å². The van der Waals surface area contributed by atoms with E-state index in [2.05, 4.69) is 0 Å². The van der Waals surface area contributed by atoms with Gasteiger partial charge < -0.3 is 5.32 Å². The molecule has 0 fully saturated rings. The first kappa shape index (κ1) is 28.8. The third-order valence-corrected chi connectivity index (χ3v) is 5.87. The first-order valence-corrected chi connectivity index (χ1v) is 10.3. The highest BCUT2D eigenvalue weighted by atomic mass is 32.2. The van der Waals surface area contributed by atoms with Crippen molar-refractivity contribution >= 4 is 15.5 Å². The number of halogens is 12. The van der Waals surface area contributed by atoms with E-state index in [0.29, 0.717) is 0 Å². The van der Waals surface area contributed by atoms with Gasteiger partial charge in [-0.25, -0.2) is 8.42 Å². The lowest BCUT2D eigenvalue weighted by Gasteiger charge is -2.15. The van der Waals surface area contributed by atoms with Crippen LogP contribution in [0.4, 0.5) is 58.4 Å². The van der Waals surface area contributed by atoms with Crippen molar-refractivity contribution in [3.05, 3.63) is 69.8 Å². The lowest BCUT2D eigenvalue weighted by atomic mass is 10.1. The molecule has 0 heterocycles. The molecule has 0 aromatic heterocycles. The minimum atomic E-state index is -5.47. The number of hydrogen-bond acceptors (Lipinski definition) is 4. The Kier molecular flexibility index (Phi) is 7.38. The summed E-state index contributed by atoms with van der Waals surface area (Å²) in [6.45, 7) is 0. The fourth-order valence-electron chi connectivity index (χ4n) is 2.57. The number of sulfone groups is 1. The molecule has 0 atom stereocenters. The smallest absolute Gasteiger partial charge is 0.360 e. The first-order valence-electron chi connectivity index (χ1n) is 8.77. The number of nitriles is 1. The molecule has 2 rings (SSSR count). The number of nitrogens with one attached hydrogen (secondary N) is 1. The minimum absolute atomic E-state index is 0.0263. The van der Waals surface area contributed by atoms with Gasteiger partial charge in [0, 0.05) is 11.9 Å². The van der Waals surface area contributed by atoms with Crippen LogP contribution < -0.4 is 5.32 Å². The van der Waals surface area contributed by atoms with Gasteiger partial charge in [-0.2, -0.15) is 57.9 Å². The van der Waals surface area contributed by atoms with Crippen LogP contribution in [0.25, 0.3) is 0 Å². The van der Waals surface area contributed by atoms with Crippen LogP contribution in [-0.2, 0) is 34.5 Å². The molecule has 0 spiro atoms. The summed E-state index contributed by atoms with van der Waals surface area (Å²) < 4.78 is 181. The third-order valence-electron chi connectivity index (χ3n) is 4.23. The standard InChI is InChI=1S/C19H8F12N2O2S/c20-16(21,22)9-1-10(17(23,24)25)4-13(3-9)33-8-15(7-32)36(34,35)14-5-11(18(26,27)28)2-12(6-14)19(29,30)31/h1-6,8,33H/b15-8+. The van der Waals surface area contributed by atoms with Crippen LogP contribution in [0.5, 0.6) is 0 Å². The van der Waals surface area contributed by atoms with Crippen LogP contribution in [0.15, 0.2) is 52.4 Å². The Morgan fingerprint density at radius 2 is 1.00 bits per heavy atom. The number of benzene rings is 2. The number of hydrogen-bond donors (Lipinski definition) is 1. The average Bonchev–Trinajstić information content (AvgIpc) is 2.71. The van der Waals surface area contributed by atoms with Crippen molar-refractivity contribution in [2.45, 2.75) is 29.6 Å². The van der Waals surface area contributed by atoms with Crippen molar-refractivity contribution in [1.29, 1.82) is 5.26 Å². The molecule has 0 aliphatic rings. The molecule has 0 saturated carbocycles. The van der Waals surface area contributed by atoms with Crippen molar-refractivity contribution in [2.75, 3.05) is 5.32 Å². The predicted octanol–water partition coefficient (Wildman–Crippen LogP) is 7.01. The van der Waals surface area contributed by atoms with Gasteiger partial charge in [-0.1, -0.05) is 0 Å². The number of alkyl halides is 12. The van der Waals surface area contributed by atoms with Crippen molar-refractivity contribution in [3.8, 4) is 6.07 Å². The highest BCUT2D eigenvalue weighted by molar-refractivity contribution is 7.95. The Bertz CT molecular complexity index is 1260. The molecule has 0 aliphatic heterocycles. The van der Waals surface area contributed by atoms with Gasteiger partial charge in [-0.05, 0) is 36.4 Å². The molecule has 0 radical (unpaired) electrons. The summed E-state index contributed by atoms with van der Waals surface area (Å²) in [4.78, 5) is -3.26. The average molecular weight is 556 g/mol. The summed E-state index contributed by atoms with van der Waals surface area (Å²) in [5.41, 5.74) is -8.80. The molecule has 0 saturated heterocycles. The van der Waals surface area contributed by atoms with E-state index < -0.39 is 78.4 Å². The van der Waals surface area contributed by atoms with E-state index in [-0.39, 0.29) is 36.5 Å². The monoisotopic (exact) mass is 556 g/mol. The molecule has 196 valence electrons. The number of nitrogens with zero attached hydrogens (tertiary/aromatic N) is 1. The van der Waals surface area contributed by atoms with Crippen LogP contribution >= 0.6 is 0 Å². The van der Waals surface area contributed by atoms with E-state index in [9.17, 15) is 61.1 Å². The van der Waals surface area contributed by atoms with E-state index >= 15 is 0 Å². The number of rotatable bonds is 4. The van der Waals surface area contributed by atoms with Crippen LogP contribution in [0, 0.1) is 11.3 Å². The Morgan fingerprint density at radius 3 is 1.31 bits per heavy atom. The summed E-state index contributed by atoms with van der Waals surface area (Å²) in [6, 6.07) is 0.0130. The minimum Gasteiger partial charge on any atom is -0.360 e. The second-order valence-electron chi connectivity index (χ2n) is 6.80. The maximum Gasteiger partial charge on any atom is 0.416 e. The lowest BCUT2D eigenvalue weighted by Crippen LogP contribution is -2.14. The largest absolute Gasteiger partial charge is 0.416 e. The zero-order valence-corrected chi connectivity index (χ0v) is 17.6. The van der Waals surface area contributed by atoms with Gasteiger partial charge in [-0.15, -0.1) is 0 Å². The molecular weight excluding hydrogens is 548 g/mol. The molecule has 0 bridgehead atoms. The van der Waals surface area contributed by atoms with Crippen LogP contribution in [0.2, 0.25) is 0 Å². The van der Waals surface area contributed by atoms with Gasteiger partial charge in [0.25, 0.3) is 0 Å². The molecule has 1 N–H and O–H groups in total. The van der Waals surface area contributed by atoms with E-state index in [1.54, 1.807) is 5.32 Å². The Labute approximate surface area is 193 Å². The molecule has 0 unspecified atom stereocenters. The maximum absolute atomic E-state index is 13.0. The van der Waals surface area contributed by atoms with Crippen molar-refractivity contribution in [3.63, 3.8) is 0 Å². The Balaban J connectivity index is 2.64. The second kappa shape index (κ2) is 9.22. The van der Waals surface area contributed by atoms with E-state index in [1.165, 1.54) is 0 Å². The molecule has 0 aliphatic carbocycles. The van der Waals surface area contributed by atoms with Gasteiger partial charge in [0.15, 0.2) is 4.91 Å². The SMILES string of the molecule is N#C/C(=C\Nc1cc(C(F)(F)F)cc(C(F)(F)F)c1)S(=O)(=O)c1cc(C(F)(F)F)cc(C(F)(F)F)c1. The zero-order valence-electron chi connectivity index (χ0n) is 16.7. The molecule has 17 heteroatoms.